The van der Waals surface area contributed by atoms with Crippen molar-refractivity contribution in [2.45, 2.75) is 11.4 Å². The van der Waals surface area contributed by atoms with E-state index < -0.39 is 10.0 Å². The first-order chi connectivity index (χ1) is 10.5. The summed E-state index contributed by atoms with van der Waals surface area (Å²) in [6, 6.07) is 6.62. The Bertz CT molecular complexity index is 804. The number of ether oxygens (including phenoxy) is 2. The molecule has 22 heavy (non-hydrogen) atoms. The molecule has 0 fully saturated rings. The minimum atomic E-state index is -3.72. The van der Waals surface area contributed by atoms with Gasteiger partial charge in [0.15, 0.2) is 11.5 Å². The molecule has 0 radical (unpaired) electrons. The van der Waals surface area contributed by atoms with Crippen molar-refractivity contribution in [3.8, 4) is 11.5 Å². The topological polar surface area (TPSA) is 64.6 Å². The molecule has 3 rings (SSSR count). The van der Waals surface area contributed by atoms with Crippen molar-refractivity contribution in [1.82, 2.24) is 4.72 Å². The summed E-state index contributed by atoms with van der Waals surface area (Å²) in [6.45, 7) is 1.10. The molecule has 1 aromatic heterocycles. The lowest BCUT2D eigenvalue weighted by atomic mass is 10.2. The Morgan fingerprint density at radius 1 is 1.14 bits per heavy atom. The summed E-state index contributed by atoms with van der Waals surface area (Å²) in [5.74, 6) is 1.27. The molecule has 2 heterocycles. The highest BCUT2D eigenvalue weighted by atomic mass is 35.5. The summed E-state index contributed by atoms with van der Waals surface area (Å²) in [4.78, 5) is -0.0123. The van der Waals surface area contributed by atoms with Gasteiger partial charge in [0, 0.05) is 6.54 Å². The van der Waals surface area contributed by atoms with E-state index in [0.29, 0.717) is 29.0 Å². The summed E-state index contributed by atoms with van der Waals surface area (Å²) in [5.41, 5.74) is 0.755. The zero-order valence-electron chi connectivity index (χ0n) is 11.1. The molecule has 0 spiro atoms. The second kappa shape index (κ2) is 6.25. The maximum Gasteiger partial charge on any atom is 0.243 e. The predicted octanol–water partition coefficient (Wildman–Crippen LogP) is 3.30. The van der Waals surface area contributed by atoms with Crippen molar-refractivity contribution < 1.29 is 17.9 Å². The highest BCUT2D eigenvalue weighted by Crippen LogP contribution is 2.34. The Balaban J connectivity index is 1.76. The molecule has 2 aromatic rings. The van der Waals surface area contributed by atoms with Crippen LogP contribution in [0.3, 0.4) is 0 Å². The van der Waals surface area contributed by atoms with Gasteiger partial charge >= 0.3 is 0 Å². The quantitative estimate of drug-likeness (QED) is 0.884. The maximum absolute atomic E-state index is 12.2. The third-order valence-corrected chi connectivity index (χ3v) is 6.14. The average Bonchev–Trinajstić information content (AvgIpc) is 2.85. The number of hydrogen-bond acceptors (Lipinski definition) is 5. The Morgan fingerprint density at radius 3 is 2.55 bits per heavy atom. The van der Waals surface area contributed by atoms with Gasteiger partial charge < -0.3 is 9.47 Å². The van der Waals surface area contributed by atoms with Gasteiger partial charge in [0.1, 0.15) is 22.4 Å². The minimum Gasteiger partial charge on any atom is -0.486 e. The first-order valence-electron chi connectivity index (χ1n) is 6.29. The van der Waals surface area contributed by atoms with Crippen LogP contribution in [0.15, 0.2) is 29.2 Å². The van der Waals surface area contributed by atoms with Crippen molar-refractivity contribution in [2.75, 3.05) is 13.2 Å². The summed E-state index contributed by atoms with van der Waals surface area (Å²) >= 11 is 12.7. The SMILES string of the molecule is O=S(=O)(NCc1ccc2c(c1)OCCO2)c1cc(Cl)sc1Cl. The van der Waals surface area contributed by atoms with Gasteiger partial charge in [-0.05, 0) is 23.8 Å². The van der Waals surface area contributed by atoms with E-state index in [2.05, 4.69) is 4.72 Å². The van der Waals surface area contributed by atoms with E-state index in [1.54, 1.807) is 18.2 Å². The molecule has 1 aliphatic rings. The lowest BCUT2D eigenvalue weighted by Gasteiger charge is -2.18. The predicted molar refractivity (Wildman–Crippen MR) is 85.8 cm³/mol. The number of benzene rings is 1. The Hall–Kier alpha value is -0.990. The molecular weight excluding hydrogens is 369 g/mol. The lowest BCUT2D eigenvalue weighted by molar-refractivity contribution is 0.171. The number of sulfonamides is 1. The largest absolute Gasteiger partial charge is 0.486 e. The van der Waals surface area contributed by atoms with E-state index >= 15 is 0 Å². The molecule has 1 aliphatic heterocycles. The summed E-state index contributed by atoms with van der Waals surface area (Å²) < 4.78 is 38.3. The molecule has 1 N–H and O–H groups in total. The highest BCUT2D eigenvalue weighted by molar-refractivity contribution is 7.89. The van der Waals surface area contributed by atoms with Gasteiger partial charge in [-0.2, -0.15) is 0 Å². The van der Waals surface area contributed by atoms with E-state index in [4.69, 9.17) is 32.7 Å². The fourth-order valence-corrected chi connectivity index (χ4v) is 5.13. The van der Waals surface area contributed by atoms with Crippen molar-refractivity contribution in [2.24, 2.45) is 0 Å². The molecule has 0 unspecified atom stereocenters. The van der Waals surface area contributed by atoms with E-state index in [-0.39, 0.29) is 15.8 Å². The normalized spacial score (nSPS) is 14.1. The van der Waals surface area contributed by atoms with Gasteiger partial charge in [-0.25, -0.2) is 13.1 Å². The van der Waals surface area contributed by atoms with Crippen LogP contribution < -0.4 is 14.2 Å². The van der Waals surface area contributed by atoms with Gasteiger partial charge in [-0.1, -0.05) is 29.3 Å². The molecule has 118 valence electrons. The van der Waals surface area contributed by atoms with Crippen LogP contribution in [-0.4, -0.2) is 21.6 Å². The molecule has 0 amide bonds. The first-order valence-corrected chi connectivity index (χ1v) is 9.34. The van der Waals surface area contributed by atoms with E-state index in [1.165, 1.54) is 6.07 Å². The van der Waals surface area contributed by atoms with E-state index in [0.717, 1.165) is 16.9 Å². The number of nitrogens with one attached hydrogen (secondary N) is 1. The fourth-order valence-electron chi connectivity index (χ4n) is 1.96. The second-order valence-electron chi connectivity index (χ2n) is 4.49. The maximum atomic E-state index is 12.2. The monoisotopic (exact) mass is 379 g/mol. The Kier molecular flexibility index (Phi) is 4.52. The minimum absolute atomic E-state index is 0.0123. The fraction of sp³-hybridized carbons (Fsp3) is 0.231. The molecule has 0 saturated heterocycles. The molecule has 9 heteroatoms. The summed E-state index contributed by atoms with van der Waals surface area (Å²) in [7, 11) is -3.72. The zero-order valence-corrected chi connectivity index (χ0v) is 14.3. The number of thiophene rings is 1. The van der Waals surface area contributed by atoms with Gasteiger partial charge in [-0.15, -0.1) is 11.3 Å². The second-order valence-corrected chi connectivity index (χ2v) is 8.51. The standard InChI is InChI=1S/C13H11Cl2NO4S2/c14-12-6-11(13(15)21-12)22(17,18)16-7-8-1-2-9-10(5-8)20-4-3-19-9/h1-2,5-6,16H,3-4,7H2. The molecule has 0 atom stereocenters. The number of fused-ring (bicyclic) bond motifs is 1. The van der Waals surface area contributed by atoms with Crippen molar-refractivity contribution in [3.63, 3.8) is 0 Å². The van der Waals surface area contributed by atoms with Gasteiger partial charge in [0.2, 0.25) is 10.0 Å². The van der Waals surface area contributed by atoms with E-state index in [1.807, 2.05) is 0 Å². The van der Waals surface area contributed by atoms with Crippen LogP contribution in [0.4, 0.5) is 0 Å². The van der Waals surface area contributed by atoms with Crippen LogP contribution in [0, 0.1) is 0 Å². The number of hydrogen-bond donors (Lipinski definition) is 1. The smallest absolute Gasteiger partial charge is 0.243 e. The Labute approximate surface area is 141 Å². The first kappa shape index (κ1) is 15.9. The number of halogens is 2. The average molecular weight is 380 g/mol. The molecule has 5 nitrogen and oxygen atoms in total. The summed E-state index contributed by atoms with van der Waals surface area (Å²) in [5, 5.41) is 0. The van der Waals surface area contributed by atoms with Crippen molar-refractivity contribution in [3.05, 3.63) is 38.5 Å². The van der Waals surface area contributed by atoms with Gasteiger partial charge in [0.25, 0.3) is 0 Å². The van der Waals surface area contributed by atoms with Crippen LogP contribution in [0.25, 0.3) is 0 Å². The van der Waals surface area contributed by atoms with Crippen molar-refractivity contribution >= 4 is 44.6 Å². The van der Waals surface area contributed by atoms with Crippen molar-refractivity contribution in [1.29, 1.82) is 0 Å². The zero-order chi connectivity index (χ0) is 15.7. The van der Waals surface area contributed by atoms with Gasteiger partial charge in [-0.3, -0.25) is 0 Å². The van der Waals surface area contributed by atoms with Crippen LogP contribution in [0.1, 0.15) is 5.56 Å². The third kappa shape index (κ3) is 3.33. The Morgan fingerprint density at radius 2 is 1.86 bits per heavy atom. The highest BCUT2D eigenvalue weighted by Gasteiger charge is 2.21. The van der Waals surface area contributed by atoms with Crippen LogP contribution >= 0.6 is 34.5 Å². The molecule has 0 aliphatic carbocycles. The van der Waals surface area contributed by atoms with Crippen LogP contribution in [0.2, 0.25) is 8.67 Å². The van der Waals surface area contributed by atoms with Crippen LogP contribution in [-0.2, 0) is 16.6 Å². The molecule has 0 saturated carbocycles. The number of rotatable bonds is 4. The van der Waals surface area contributed by atoms with Gasteiger partial charge in [0.05, 0.1) is 4.34 Å². The molecule has 1 aromatic carbocycles. The third-order valence-electron chi connectivity index (χ3n) is 2.99. The van der Waals surface area contributed by atoms with Crippen LogP contribution in [0.5, 0.6) is 11.5 Å². The molecule has 0 bridgehead atoms. The molecular formula is C13H11Cl2NO4S2. The summed E-state index contributed by atoms with van der Waals surface area (Å²) in [6.07, 6.45) is 0. The van der Waals surface area contributed by atoms with E-state index in [9.17, 15) is 8.42 Å². The lowest BCUT2D eigenvalue weighted by Crippen LogP contribution is -2.23.